The van der Waals surface area contributed by atoms with Gasteiger partial charge >= 0.3 is 7.12 Å². The van der Waals surface area contributed by atoms with Crippen molar-refractivity contribution in [1.82, 2.24) is 0 Å². The SMILES string of the molecule is CCC[C@H](C[C@H]1OB(c2ccccc2)O[C@@H]1C(C)=O)OCOCc1ccccc1. The largest absolute Gasteiger partial charge is 0.494 e. The molecule has 154 valence electrons. The van der Waals surface area contributed by atoms with Crippen molar-refractivity contribution in [3.63, 3.8) is 0 Å². The molecule has 1 heterocycles. The minimum atomic E-state index is -0.576. The molecule has 2 aromatic carbocycles. The summed E-state index contributed by atoms with van der Waals surface area (Å²) in [5, 5.41) is 0. The van der Waals surface area contributed by atoms with Gasteiger partial charge in [0.25, 0.3) is 0 Å². The molecule has 1 aliphatic heterocycles. The molecule has 1 aliphatic rings. The monoisotopic (exact) mass is 396 g/mol. The number of hydrogen-bond acceptors (Lipinski definition) is 5. The highest BCUT2D eigenvalue weighted by Gasteiger charge is 2.43. The molecule has 29 heavy (non-hydrogen) atoms. The Labute approximate surface area is 173 Å². The van der Waals surface area contributed by atoms with Crippen molar-refractivity contribution in [2.45, 2.75) is 58.0 Å². The molecule has 6 heteroatoms. The van der Waals surface area contributed by atoms with Gasteiger partial charge in [-0.2, -0.15) is 0 Å². The maximum atomic E-state index is 12.1. The van der Waals surface area contributed by atoms with E-state index >= 15 is 0 Å². The molecule has 0 aromatic heterocycles. The van der Waals surface area contributed by atoms with Crippen LogP contribution in [0, 0.1) is 0 Å². The zero-order valence-electron chi connectivity index (χ0n) is 17.2. The van der Waals surface area contributed by atoms with Crippen LogP contribution in [0.25, 0.3) is 0 Å². The number of ether oxygens (including phenoxy) is 2. The second-order valence-corrected chi connectivity index (χ2v) is 7.35. The van der Waals surface area contributed by atoms with Crippen LogP contribution in [-0.2, 0) is 30.2 Å². The molecule has 0 saturated carbocycles. The number of ketones is 1. The smallest absolute Gasteiger partial charge is 0.401 e. The summed E-state index contributed by atoms with van der Waals surface area (Å²) in [5.41, 5.74) is 2.03. The summed E-state index contributed by atoms with van der Waals surface area (Å²) in [6.07, 6.45) is 1.48. The fourth-order valence-corrected chi connectivity index (χ4v) is 3.52. The minimum Gasteiger partial charge on any atom is -0.401 e. The Hall–Kier alpha value is -1.99. The third-order valence-corrected chi connectivity index (χ3v) is 4.98. The van der Waals surface area contributed by atoms with Crippen molar-refractivity contribution in [3.8, 4) is 0 Å². The van der Waals surface area contributed by atoms with Crippen LogP contribution < -0.4 is 5.46 Å². The number of carbonyl (C=O) groups excluding carboxylic acids is 1. The summed E-state index contributed by atoms with van der Waals surface area (Å²) in [4.78, 5) is 12.1. The summed E-state index contributed by atoms with van der Waals surface area (Å²) in [6.45, 7) is 4.38. The predicted octanol–water partition coefficient (Wildman–Crippen LogP) is 3.50. The average molecular weight is 396 g/mol. The molecule has 0 spiro atoms. The van der Waals surface area contributed by atoms with Gasteiger partial charge in [0, 0.05) is 6.42 Å². The minimum absolute atomic E-state index is 0.0241. The first kappa shape index (κ1) is 21.7. The Kier molecular flexibility index (Phi) is 8.44. The Bertz CT molecular complexity index is 739. The first-order chi connectivity index (χ1) is 14.2. The molecule has 0 amide bonds. The number of hydrogen-bond donors (Lipinski definition) is 0. The summed E-state index contributed by atoms with van der Waals surface area (Å²) >= 11 is 0. The highest BCUT2D eigenvalue weighted by Crippen LogP contribution is 2.24. The quantitative estimate of drug-likeness (QED) is 0.331. The molecule has 3 rings (SSSR count). The highest BCUT2D eigenvalue weighted by molar-refractivity contribution is 6.62. The molecule has 0 N–H and O–H groups in total. The second-order valence-electron chi connectivity index (χ2n) is 7.35. The first-order valence-corrected chi connectivity index (χ1v) is 10.3. The van der Waals surface area contributed by atoms with Gasteiger partial charge in [-0.1, -0.05) is 74.0 Å². The molecular formula is C23H29BO5. The summed E-state index contributed by atoms with van der Waals surface area (Å²) in [7, 11) is -0.522. The van der Waals surface area contributed by atoms with Crippen LogP contribution in [0.3, 0.4) is 0 Å². The van der Waals surface area contributed by atoms with E-state index in [0.717, 1.165) is 23.9 Å². The second kappa shape index (κ2) is 11.3. The Morgan fingerprint density at radius 3 is 2.41 bits per heavy atom. The van der Waals surface area contributed by atoms with E-state index in [-0.39, 0.29) is 24.8 Å². The van der Waals surface area contributed by atoms with Crippen LogP contribution in [0.2, 0.25) is 0 Å². The molecule has 0 aliphatic carbocycles. The van der Waals surface area contributed by atoms with E-state index in [4.69, 9.17) is 18.8 Å². The van der Waals surface area contributed by atoms with E-state index in [2.05, 4.69) is 6.92 Å². The van der Waals surface area contributed by atoms with Crippen LogP contribution in [0.5, 0.6) is 0 Å². The fraction of sp³-hybridized carbons (Fsp3) is 0.435. The highest BCUT2D eigenvalue weighted by atomic mass is 16.7. The van der Waals surface area contributed by atoms with Crippen molar-refractivity contribution in [2.24, 2.45) is 0 Å². The lowest BCUT2D eigenvalue weighted by molar-refractivity contribution is -0.127. The lowest BCUT2D eigenvalue weighted by Crippen LogP contribution is -2.33. The molecule has 0 radical (unpaired) electrons. The summed E-state index contributed by atoms with van der Waals surface area (Å²) < 4.78 is 23.7. The molecular weight excluding hydrogens is 367 g/mol. The molecule has 5 nitrogen and oxygen atoms in total. The lowest BCUT2D eigenvalue weighted by Gasteiger charge is -2.23. The van der Waals surface area contributed by atoms with Gasteiger partial charge in [0.15, 0.2) is 5.78 Å². The fourth-order valence-electron chi connectivity index (χ4n) is 3.52. The van der Waals surface area contributed by atoms with Crippen molar-refractivity contribution in [3.05, 3.63) is 66.2 Å². The molecule has 1 fully saturated rings. The molecule has 1 saturated heterocycles. The maximum absolute atomic E-state index is 12.1. The Morgan fingerprint density at radius 1 is 1.07 bits per heavy atom. The van der Waals surface area contributed by atoms with Crippen molar-refractivity contribution < 1.29 is 23.6 Å². The molecule has 0 unspecified atom stereocenters. The van der Waals surface area contributed by atoms with Gasteiger partial charge < -0.3 is 18.8 Å². The van der Waals surface area contributed by atoms with Gasteiger partial charge in [-0.05, 0) is 24.4 Å². The van der Waals surface area contributed by atoms with E-state index in [1.54, 1.807) is 6.92 Å². The van der Waals surface area contributed by atoms with Crippen LogP contribution >= 0.6 is 0 Å². The average Bonchev–Trinajstić information content (AvgIpc) is 3.17. The summed E-state index contributed by atoms with van der Waals surface area (Å²) in [5.74, 6) is -0.0241. The van der Waals surface area contributed by atoms with E-state index < -0.39 is 13.2 Å². The van der Waals surface area contributed by atoms with Gasteiger partial charge in [0.05, 0.1) is 18.8 Å². The molecule has 2 aromatic rings. The third kappa shape index (κ3) is 6.51. The number of Topliss-reactive ketones (excluding diaryl/α,β-unsaturated/α-hetero) is 1. The van der Waals surface area contributed by atoms with Crippen LogP contribution in [0.15, 0.2) is 60.7 Å². The number of carbonyl (C=O) groups is 1. The van der Waals surface area contributed by atoms with Crippen LogP contribution in [0.4, 0.5) is 0 Å². The Morgan fingerprint density at radius 2 is 1.76 bits per heavy atom. The standard InChI is InChI=1S/C23H29BO5/c1-3-10-21(27-17-26-16-19-11-6-4-7-12-19)15-22-23(18(2)25)29-24(28-22)20-13-8-5-9-14-20/h4-9,11-14,21-23H,3,10,15-17H2,1-2H3/t21-,22-,23-/m1/s1. The number of benzene rings is 2. The van der Waals surface area contributed by atoms with E-state index in [1.165, 1.54) is 0 Å². The maximum Gasteiger partial charge on any atom is 0.494 e. The van der Waals surface area contributed by atoms with E-state index in [0.29, 0.717) is 13.0 Å². The van der Waals surface area contributed by atoms with Gasteiger partial charge in [0.2, 0.25) is 0 Å². The zero-order chi connectivity index (χ0) is 20.5. The van der Waals surface area contributed by atoms with E-state index in [1.807, 2.05) is 60.7 Å². The Balaban J connectivity index is 1.54. The predicted molar refractivity (Wildman–Crippen MR) is 113 cm³/mol. The number of rotatable bonds is 11. The topological polar surface area (TPSA) is 54.0 Å². The normalized spacial score (nSPS) is 20.0. The van der Waals surface area contributed by atoms with Crippen molar-refractivity contribution in [1.29, 1.82) is 0 Å². The summed E-state index contributed by atoms with van der Waals surface area (Å²) in [6, 6.07) is 19.7. The van der Waals surface area contributed by atoms with Gasteiger partial charge in [0.1, 0.15) is 12.9 Å². The molecule has 0 bridgehead atoms. The lowest BCUT2D eigenvalue weighted by atomic mass is 9.79. The van der Waals surface area contributed by atoms with Crippen LogP contribution in [0.1, 0.15) is 38.7 Å². The van der Waals surface area contributed by atoms with Gasteiger partial charge in [-0.25, -0.2) is 0 Å². The molecule has 3 atom stereocenters. The van der Waals surface area contributed by atoms with Gasteiger partial charge in [-0.3, -0.25) is 4.79 Å². The van der Waals surface area contributed by atoms with Crippen molar-refractivity contribution in [2.75, 3.05) is 6.79 Å². The zero-order valence-corrected chi connectivity index (χ0v) is 17.2. The first-order valence-electron chi connectivity index (χ1n) is 10.3. The third-order valence-electron chi connectivity index (χ3n) is 4.98. The van der Waals surface area contributed by atoms with Crippen LogP contribution in [-0.4, -0.2) is 38.0 Å². The van der Waals surface area contributed by atoms with Crippen molar-refractivity contribution >= 4 is 18.4 Å². The van der Waals surface area contributed by atoms with Gasteiger partial charge in [-0.15, -0.1) is 0 Å². The van der Waals surface area contributed by atoms with E-state index in [9.17, 15) is 4.79 Å².